The third-order valence-electron chi connectivity index (χ3n) is 2.99. The molecule has 0 aliphatic carbocycles. The molecule has 0 aromatic heterocycles. The van der Waals surface area contributed by atoms with E-state index in [1.165, 1.54) is 14.2 Å². The van der Waals surface area contributed by atoms with Gasteiger partial charge in [0.25, 0.3) is 5.91 Å². The monoisotopic (exact) mass is 265 g/mol. The van der Waals surface area contributed by atoms with Crippen LogP contribution in [0.3, 0.4) is 0 Å². The van der Waals surface area contributed by atoms with E-state index in [9.17, 15) is 9.59 Å². The minimum absolute atomic E-state index is 0.315. The van der Waals surface area contributed by atoms with Crippen molar-refractivity contribution in [1.82, 2.24) is 4.90 Å². The fourth-order valence-corrected chi connectivity index (χ4v) is 1.91. The number of hydrogen-bond donors (Lipinski definition) is 0. The number of nitrogens with zero attached hydrogens (tertiary/aromatic N) is 1. The molecule has 19 heavy (non-hydrogen) atoms. The number of carbonyl (C=O) groups is 2. The van der Waals surface area contributed by atoms with Crippen LogP contribution in [0.5, 0.6) is 11.5 Å². The Kier molecular flexibility index (Phi) is 3.59. The average Bonchev–Trinajstić information content (AvgIpc) is 2.66. The van der Waals surface area contributed by atoms with Gasteiger partial charge in [0.1, 0.15) is 0 Å². The Morgan fingerprint density at radius 2 is 1.89 bits per heavy atom. The van der Waals surface area contributed by atoms with E-state index >= 15 is 0 Å². The van der Waals surface area contributed by atoms with E-state index in [2.05, 4.69) is 0 Å². The number of hydrogen-bond acceptors (Lipinski definition) is 5. The highest BCUT2D eigenvalue weighted by Crippen LogP contribution is 2.28. The summed E-state index contributed by atoms with van der Waals surface area (Å²) in [7, 11) is 4.49. The molecule has 2 amide bonds. The third-order valence-corrected chi connectivity index (χ3v) is 2.99. The number of ether oxygens (including phenoxy) is 3. The van der Waals surface area contributed by atoms with E-state index < -0.39 is 12.2 Å². The first-order chi connectivity index (χ1) is 9.06. The van der Waals surface area contributed by atoms with Gasteiger partial charge in [-0.05, 0) is 17.7 Å². The molecule has 0 bridgehead atoms. The highest BCUT2D eigenvalue weighted by atomic mass is 16.6. The summed E-state index contributed by atoms with van der Waals surface area (Å²) < 4.78 is 15.3. The lowest BCUT2D eigenvalue weighted by atomic mass is 10.1. The van der Waals surface area contributed by atoms with Crippen LogP contribution in [0.2, 0.25) is 0 Å². The van der Waals surface area contributed by atoms with Crippen molar-refractivity contribution in [2.24, 2.45) is 0 Å². The predicted octanol–water partition coefficient (Wildman–Crippen LogP) is 1.22. The van der Waals surface area contributed by atoms with Crippen LogP contribution in [0.25, 0.3) is 0 Å². The van der Waals surface area contributed by atoms with E-state index in [0.29, 0.717) is 17.9 Å². The number of cyclic esters (lactones) is 1. The Labute approximate surface area is 110 Å². The number of methoxy groups -OCH3 is 2. The molecule has 1 aliphatic heterocycles. The van der Waals surface area contributed by atoms with Crippen molar-refractivity contribution >= 4 is 12.0 Å². The Balaban J connectivity index is 2.16. The first-order valence-corrected chi connectivity index (χ1v) is 5.76. The smallest absolute Gasteiger partial charge is 0.417 e. The van der Waals surface area contributed by atoms with Gasteiger partial charge in [-0.1, -0.05) is 6.07 Å². The minimum Gasteiger partial charge on any atom is -0.493 e. The second-order valence-corrected chi connectivity index (χ2v) is 4.16. The standard InChI is InChI=1S/C13H15NO5/c1-14-12(15)11(19-13(14)16)7-8-4-5-9(17-2)10(6-8)18-3/h4-6,11H,7H2,1-3H3. The molecule has 1 fully saturated rings. The van der Waals surface area contributed by atoms with Gasteiger partial charge < -0.3 is 14.2 Å². The molecule has 0 radical (unpaired) electrons. The molecule has 0 spiro atoms. The van der Waals surface area contributed by atoms with Crippen molar-refractivity contribution in [2.45, 2.75) is 12.5 Å². The van der Waals surface area contributed by atoms with Crippen LogP contribution < -0.4 is 9.47 Å². The number of amides is 2. The van der Waals surface area contributed by atoms with Crippen LogP contribution >= 0.6 is 0 Å². The second kappa shape index (κ2) is 5.17. The van der Waals surface area contributed by atoms with Crippen molar-refractivity contribution < 1.29 is 23.8 Å². The maximum Gasteiger partial charge on any atom is 0.417 e. The molecule has 1 aromatic carbocycles. The van der Waals surface area contributed by atoms with Crippen LogP contribution in [-0.4, -0.2) is 44.3 Å². The van der Waals surface area contributed by atoms with E-state index in [4.69, 9.17) is 14.2 Å². The lowest BCUT2D eigenvalue weighted by Crippen LogP contribution is -2.28. The van der Waals surface area contributed by atoms with E-state index in [0.717, 1.165) is 10.5 Å². The van der Waals surface area contributed by atoms with Crippen LogP contribution in [0.1, 0.15) is 5.56 Å². The average molecular weight is 265 g/mol. The van der Waals surface area contributed by atoms with Crippen molar-refractivity contribution in [1.29, 1.82) is 0 Å². The lowest BCUT2D eigenvalue weighted by Gasteiger charge is -2.11. The lowest BCUT2D eigenvalue weighted by molar-refractivity contribution is -0.128. The van der Waals surface area contributed by atoms with Gasteiger partial charge in [0.2, 0.25) is 0 Å². The number of benzene rings is 1. The summed E-state index contributed by atoms with van der Waals surface area (Å²) in [5.74, 6) is 0.850. The fourth-order valence-electron chi connectivity index (χ4n) is 1.91. The van der Waals surface area contributed by atoms with E-state index in [1.54, 1.807) is 25.3 Å². The number of imide groups is 1. The number of likely N-dealkylation sites (N-methyl/N-ethyl adjacent to an activating group) is 1. The molecule has 102 valence electrons. The Bertz CT molecular complexity index is 514. The van der Waals surface area contributed by atoms with Gasteiger partial charge in [-0.15, -0.1) is 0 Å². The highest BCUT2D eigenvalue weighted by Gasteiger charge is 2.37. The molecule has 2 rings (SSSR count). The molecule has 1 unspecified atom stereocenters. The van der Waals surface area contributed by atoms with Crippen LogP contribution in [-0.2, 0) is 16.0 Å². The van der Waals surface area contributed by atoms with Gasteiger partial charge in [-0.2, -0.15) is 0 Å². The zero-order valence-electron chi connectivity index (χ0n) is 11.0. The highest BCUT2D eigenvalue weighted by molar-refractivity contribution is 5.99. The maximum atomic E-state index is 11.7. The fraction of sp³-hybridized carbons (Fsp3) is 0.385. The zero-order chi connectivity index (χ0) is 14.0. The first kappa shape index (κ1) is 13.2. The topological polar surface area (TPSA) is 65.1 Å². The van der Waals surface area contributed by atoms with Crippen molar-refractivity contribution in [3.63, 3.8) is 0 Å². The molecule has 1 atom stereocenters. The molecule has 1 saturated heterocycles. The largest absolute Gasteiger partial charge is 0.493 e. The Hall–Kier alpha value is -2.24. The van der Waals surface area contributed by atoms with Gasteiger partial charge in [-0.3, -0.25) is 4.79 Å². The first-order valence-electron chi connectivity index (χ1n) is 5.76. The summed E-state index contributed by atoms with van der Waals surface area (Å²) in [6.07, 6.45) is -1.07. The molecular formula is C13H15NO5. The van der Waals surface area contributed by atoms with Crippen molar-refractivity contribution in [2.75, 3.05) is 21.3 Å². The second-order valence-electron chi connectivity index (χ2n) is 4.16. The Morgan fingerprint density at radius 1 is 1.21 bits per heavy atom. The summed E-state index contributed by atoms with van der Waals surface area (Å²) in [6.45, 7) is 0. The SMILES string of the molecule is COc1ccc(CC2OC(=O)N(C)C2=O)cc1OC. The summed E-state index contributed by atoms with van der Waals surface area (Å²) in [5, 5.41) is 0. The molecule has 1 aliphatic rings. The molecule has 6 heteroatoms. The van der Waals surface area contributed by atoms with Crippen molar-refractivity contribution in [3.8, 4) is 11.5 Å². The van der Waals surface area contributed by atoms with Crippen LogP contribution in [0, 0.1) is 0 Å². The quantitative estimate of drug-likeness (QED) is 0.819. The van der Waals surface area contributed by atoms with E-state index in [1.807, 2.05) is 0 Å². The van der Waals surface area contributed by atoms with Gasteiger partial charge in [0, 0.05) is 13.5 Å². The minimum atomic E-state index is -0.768. The molecule has 6 nitrogen and oxygen atoms in total. The number of rotatable bonds is 4. The molecule has 1 aromatic rings. The predicted molar refractivity (Wildman–Crippen MR) is 66.3 cm³/mol. The molecule has 0 N–H and O–H groups in total. The molecule has 1 heterocycles. The summed E-state index contributed by atoms with van der Waals surface area (Å²) >= 11 is 0. The summed E-state index contributed by atoms with van der Waals surface area (Å²) in [5.41, 5.74) is 0.833. The normalized spacial score (nSPS) is 18.5. The summed E-state index contributed by atoms with van der Waals surface area (Å²) in [6, 6.07) is 5.32. The van der Waals surface area contributed by atoms with Crippen LogP contribution in [0.4, 0.5) is 4.79 Å². The zero-order valence-corrected chi connectivity index (χ0v) is 11.0. The van der Waals surface area contributed by atoms with Gasteiger partial charge in [0.15, 0.2) is 17.6 Å². The van der Waals surface area contributed by atoms with Gasteiger partial charge >= 0.3 is 6.09 Å². The molecular weight excluding hydrogens is 250 g/mol. The Morgan fingerprint density at radius 3 is 2.42 bits per heavy atom. The van der Waals surface area contributed by atoms with E-state index in [-0.39, 0.29) is 5.91 Å². The summed E-state index contributed by atoms with van der Waals surface area (Å²) in [4.78, 5) is 23.9. The maximum absolute atomic E-state index is 11.7. The van der Waals surface area contributed by atoms with Crippen LogP contribution in [0.15, 0.2) is 18.2 Å². The number of carbonyl (C=O) groups excluding carboxylic acids is 2. The van der Waals surface area contributed by atoms with Gasteiger partial charge in [-0.25, -0.2) is 9.69 Å². The van der Waals surface area contributed by atoms with Crippen molar-refractivity contribution in [3.05, 3.63) is 23.8 Å². The third kappa shape index (κ3) is 2.47. The van der Waals surface area contributed by atoms with Gasteiger partial charge in [0.05, 0.1) is 14.2 Å². The molecule has 0 saturated carbocycles.